The fourth-order valence-corrected chi connectivity index (χ4v) is 3.51. The number of rotatable bonds is 9. The first-order valence-corrected chi connectivity index (χ1v) is 10.2. The molecule has 0 bridgehead atoms. The van der Waals surface area contributed by atoms with Gasteiger partial charge in [-0.3, -0.25) is 9.59 Å². The van der Waals surface area contributed by atoms with Crippen LogP contribution in [0, 0.1) is 5.82 Å². The second-order valence-corrected chi connectivity index (χ2v) is 7.27. The molecule has 0 aliphatic carbocycles. The summed E-state index contributed by atoms with van der Waals surface area (Å²) in [6, 6.07) is 11.4. The van der Waals surface area contributed by atoms with Gasteiger partial charge in [-0.25, -0.2) is 4.39 Å². The van der Waals surface area contributed by atoms with Gasteiger partial charge in [-0.05, 0) is 36.2 Å². The zero-order valence-electron chi connectivity index (χ0n) is 17.6. The molecule has 0 radical (unpaired) electrons. The molecule has 1 heterocycles. The molecule has 1 aliphatic rings. The number of carbonyl (C=O) groups is 2. The molecule has 2 aromatic rings. The summed E-state index contributed by atoms with van der Waals surface area (Å²) in [5, 5.41) is 11.1. The summed E-state index contributed by atoms with van der Waals surface area (Å²) < 4.78 is 24.2. The molecule has 31 heavy (non-hydrogen) atoms. The van der Waals surface area contributed by atoms with Crippen LogP contribution in [0.3, 0.4) is 0 Å². The maximum absolute atomic E-state index is 13.5. The molecular weight excluding hydrogens is 401 g/mol. The fourth-order valence-electron chi connectivity index (χ4n) is 3.51. The first-order chi connectivity index (χ1) is 15.0. The molecule has 0 aromatic heterocycles. The largest absolute Gasteiger partial charge is 0.507 e. The van der Waals surface area contributed by atoms with Gasteiger partial charge in [0.1, 0.15) is 17.3 Å². The first kappa shape index (κ1) is 22.5. The molecule has 3 rings (SSSR count). The molecule has 6 nitrogen and oxygen atoms in total. The van der Waals surface area contributed by atoms with Crippen molar-refractivity contribution in [1.82, 2.24) is 4.90 Å². The van der Waals surface area contributed by atoms with Crippen LogP contribution in [0.4, 0.5) is 4.39 Å². The smallest absolute Gasteiger partial charge is 0.295 e. The predicted octanol–water partition coefficient (Wildman–Crippen LogP) is 4.07. The van der Waals surface area contributed by atoms with Crippen molar-refractivity contribution in [2.24, 2.45) is 0 Å². The molecule has 164 valence electrons. The Bertz CT molecular complexity index is 970. The highest BCUT2D eigenvalue weighted by Gasteiger charge is 2.45. The zero-order chi connectivity index (χ0) is 22.4. The average molecular weight is 427 g/mol. The minimum atomic E-state index is -0.847. The minimum Gasteiger partial charge on any atom is -0.507 e. The number of ketones is 1. The lowest BCUT2D eigenvalue weighted by Crippen LogP contribution is -2.32. The number of amides is 1. The third-order valence-electron chi connectivity index (χ3n) is 5.14. The number of methoxy groups -OCH3 is 1. The molecule has 1 saturated heterocycles. The fraction of sp³-hybridized carbons (Fsp3) is 0.333. The molecule has 1 unspecified atom stereocenters. The predicted molar refractivity (Wildman–Crippen MR) is 114 cm³/mol. The van der Waals surface area contributed by atoms with E-state index in [0.717, 1.165) is 12.8 Å². The number of hydrogen-bond acceptors (Lipinski definition) is 5. The number of unbranched alkanes of at least 4 members (excludes halogenated alkanes) is 1. The number of likely N-dealkylation sites (tertiary alicyclic amines) is 1. The Balaban J connectivity index is 2.05. The van der Waals surface area contributed by atoms with Gasteiger partial charge in [0.25, 0.3) is 11.7 Å². The Morgan fingerprint density at radius 1 is 1.13 bits per heavy atom. The summed E-state index contributed by atoms with van der Waals surface area (Å²) >= 11 is 0. The Morgan fingerprint density at radius 3 is 2.55 bits per heavy atom. The summed E-state index contributed by atoms with van der Waals surface area (Å²) in [5.41, 5.74) is 0.845. The van der Waals surface area contributed by atoms with E-state index in [2.05, 4.69) is 6.92 Å². The second-order valence-electron chi connectivity index (χ2n) is 7.27. The van der Waals surface area contributed by atoms with Gasteiger partial charge in [0.05, 0.1) is 24.8 Å². The van der Waals surface area contributed by atoms with Gasteiger partial charge in [0.15, 0.2) is 0 Å². The summed E-state index contributed by atoms with van der Waals surface area (Å²) in [7, 11) is 1.49. The van der Waals surface area contributed by atoms with Crippen LogP contribution in [0.2, 0.25) is 0 Å². The number of Topliss-reactive ketones (excluding diaryl/α,β-unsaturated/α-hetero) is 1. The van der Waals surface area contributed by atoms with Crippen LogP contribution in [-0.2, 0) is 14.3 Å². The van der Waals surface area contributed by atoms with Crippen molar-refractivity contribution in [2.45, 2.75) is 25.8 Å². The first-order valence-electron chi connectivity index (χ1n) is 10.2. The molecule has 2 aromatic carbocycles. The highest BCUT2D eigenvalue weighted by Crippen LogP contribution is 2.39. The average Bonchev–Trinajstić information content (AvgIpc) is 3.03. The highest BCUT2D eigenvalue weighted by atomic mass is 19.1. The van der Waals surface area contributed by atoms with Crippen LogP contribution in [0.1, 0.15) is 36.9 Å². The van der Waals surface area contributed by atoms with Crippen LogP contribution >= 0.6 is 0 Å². The van der Waals surface area contributed by atoms with E-state index in [1.807, 2.05) is 0 Å². The summed E-state index contributed by atoms with van der Waals surface area (Å²) in [6.07, 6.45) is 1.88. The van der Waals surface area contributed by atoms with E-state index in [9.17, 15) is 19.1 Å². The van der Waals surface area contributed by atoms with E-state index in [1.165, 1.54) is 36.3 Å². The van der Waals surface area contributed by atoms with E-state index < -0.39 is 23.5 Å². The Hall–Kier alpha value is -3.19. The Labute approximate surface area is 180 Å². The number of hydrogen-bond donors (Lipinski definition) is 1. The van der Waals surface area contributed by atoms with Gasteiger partial charge in [0.2, 0.25) is 0 Å². The normalized spacial score (nSPS) is 17.9. The van der Waals surface area contributed by atoms with Crippen molar-refractivity contribution in [3.8, 4) is 5.75 Å². The topological polar surface area (TPSA) is 76.1 Å². The molecule has 1 aliphatic heterocycles. The van der Waals surface area contributed by atoms with Gasteiger partial charge in [-0.2, -0.15) is 0 Å². The molecule has 1 N–H and O–H groups in total. The van der Waals surface area contributed by atoms with E-state index in [-0.39, 0.29) is 24.5 Å². The van der Waals surface area contributed by atoms with Crippen molar-refractivity contribution in [2.75, 3.05) is 26.9 Å². The van der Waals surface area contributed by atoms with Crippen molar-refractivity contribution in [3.63, 3.8) is 0 Å². The number of nitrogens with zero attached hydrogens (tertiary/aromatic N) is 1. The number of aliphatic hydroxyl groups excluding tert-OH is 1. The van der Waals surface area contributed by atoms with Crippen LogP contribution < -0.4 is 4.74 Å². The lowest BCUT2D eigenvalue weighted by molar-refractivity contribution is -0.140. The SMILES string of the molecule is CCCCOc1cccc(/C(O)=C2\C(=O)C(=O)N(CCOC)C2c2ccc(F)cc2)c1. The van der Waals surface area contributed by atoms with Crippen molar-refractivity contribution in [1.29, 1.82) is 0 Å². The summed E-state index contributed by atoms with van der Waals surface area (Å²) in [6.45, 7) is 2.97. The molecule has 0 spiro atoms. The van der Waals surface area contributed by atoms with Crippen molar-refractivity contribution < 1.29 is 28.6 Å². The van der Waals surface area contributed by atoms with Gasteiger partial charge in [-0.1, -0.05) is 37.6 Å². The van der Waals surface area contributed by atoms with Crippen molar-refractivity contribution >= 4 is 17.4 Å². The number of ether oxygens (including phenoxy) is 2. The van der Waals surface area contributed by atoms with Crippen molar-refractivity contribution in [3.05, 3.63) is 71.0 Å². The Kier molecular flexibility index (Phi) is 7.41. The molecule has 1 amide bonds. The lowest BCUT2D eigenvalue weighted by atomic mass is 9.95. The summed E-state index contributed by atoms with van der Waals surface area (Å²) in [5.74, 6) is -1.70. The molecule has 0 saturated carbocycles. The Morgan fingerprint density at radius 2 is 1.87 bits per heavy atom. The number of carbonyl (C=O) groups excluding carboxylic acids is 2. The van der Waals surface area contributed by atoms with Gasteiger partial charge < -0.3 is 19.5 Å². The van der Waals surface area contributed by atoms with E-state index in [4.69, 9.17) is 9.47 Å². The monoisotopic (exact) mass is 427 g/mol. The molecule has 1 atom stereocenters. The van der Waals surface area contributed by atoms with Crippen LogP contribution in [0.15, 0.2) is 54.1 Å². The quantitative estimate of drug-likeness (QED) is 0.283. The number of aliphatic hydroxyl groups is 1. The third kappa shape index (κ3) is 4.94. The van der Waals surface area contributed by atoms with Crippen LogP contribution in [0.25, 0.3) is 5.76 Å². The standard InChI is InChI=1S/C24H26FNO5/c1-3-4-13-31-19-7-5-6-17(15-19)22(27)20-21(16-8-10-18(25)11-9-16)26(12-14-30-2)24(29)23(20)28/h5-11,15,21,27H,3-4,12-14H2,1-2H3/b22-20+. The number of halogens is 1. The van der Waals surface area contributed by atoms with E-state index in [1.54, 1.807) is 24.3 Å². The minimum absolute atomic E-state index is 0.0431. The van der Waals surface area contributed by atoms with Crippen LogP contribution in [-0.4, -0.2) is 48.6 Å². The highest BCUT2D eigenvalue weighted by molar-refractivity contribution is 6.46. The molecule has 7 heteroatoms. The molecule has 1 fully saturated rings. The third-order valence-corrected chi connectivity index (χ3v) is 5.14. The van der Waals surface area contributed by atoms with E-state index in [0.29, 0.717) is 23.5 Å². The second kappa shape index (κ2) is 10.2. The molecular formula is C24H26FNO5. The maximum atomic E-state index is 13.5. The number of benzene rings is 2. The maximum Gasteiger partial charge on any atom is 0.295 e. The summed E-state index contributed by atoms with van der Waals surface area (Å²) in [4.78, 5) is 27.0. The zero-order valence-corrected chi connectivity index (χ0v) is 17.6. The van der Waals surface area contributed by atoms with Gasteiger partial charge in [0, 0.05) is 19.2 Å². The van der Waals surface area contributed by atoms with E-state index >= 15 is 0 Å². The lowest BCUT2D eigenvalue weighted by Gasteiger charge is -2.25. The van der Waals surface area contributed by atoms with Crippen LogP contribution in [0.5, 0.6) is 5.75 Å². The van der Waals surface area contributed by atoms with Gasteiger partial charge in [-0.15, -0.1) is 0 Å². The van der Waals surface area contributed by atoms with Gasteiger partial charge >= 0.3 is 0 Å².